The monoisotopic (exact) mass is 375 g/mol. The molecule has 0 radical (unpaired) electrons. The molecule has 1 amide bonds. The minimum atomic E-state index is -0.805. The van der Waals surface area contributed by atoms with E-state index in [2.05, 4.69) is 5.32 Å². The Morgan fingerprint density at radius 1 is 1.22 bits per heavy atom. The summed E-state index contributed by atoms with van der Waals surface area (Å²) in [5.74, 6) is -0.563. The topological polar surface area (TPSA) is 106 Å². The molecule has 0 aliphatic carbocycles. The highest BCUT2D eigenvalue weighted by atomic mass is 16.5. The summed E-state index contributed by atoms with van der Waals surface area (Å²) < 4.78 is 10.9. The number of benzene rings is 1. The number of carboxylic acids is 1. The van der Waals surface area contributed by atoms with Gasteiger partial charge in [0.15, 0.2) is 6.61 Å². The van der Waals surface area contributed by atoms with Crippen molar-refractivity contribution in [2.75, 3.05) is 13.2 Å². The van der Waals surface area contributed by atoms with Gasteiger partial charge in [0, 0.05) is 30.0 Å². The fraction of sp³-hybridized carbons (Fsp3) is 0.450. The fourth-order valence-electron chi connectivity index (χ4n) is 2.86. The Kier molecular flexibility index (Phi) is 7.40. The molecule has 2 rings (SSSR count). The van der Waals surface area contributed by atoms with E-state index in [0.717, 1.165) is 30.2 Å². The molecular weight excluding hydrogens is 350 g/mol. The van der Waals surface area contributed by atoms with Crippen LogP contribution >= 0.6 is 0 Å². The number of aryl methyl sites for hydroxylation is 2. The van der Waals surface area contributed by atoms with Crippen molar-refractivity contribution in [2.24, 2.45) is 0 Å². The first-order valence-corrected chi connectivity index (χ1v) is 9.10. The third-order valence-corrected chi connectivity index (χ3v) is 4.33. The van der Waals surface area contributed by atoms with E-state index in [1.165, 1.54) is 6.07 Å². The van der Waals surface area contributed by atoms with E-state index in [4.69, 9.17) is 14.3 Å². The maximum absolute atomic E-state index is 11.9. The number of amides is 1. The molecule has 7 nitrogen and oxygen atoms in total. The standard InChI is InChI=1S/C20H25NO6/c1-3-14-11-19(25)27-20-13(2)16(9-8-15(14)20)26-12-17(22)21-10-6-4-5-7-18(23)24/h8-9,11H,3-7,10,12H2,1-2H3,(H,21,22)(H,23,24). The van der Waals surface area contributed by atoms with Crippen LogP contribution in [0.3, 0.4) is 0 Å². The van der Waals surface area contributed by atoms with E-state index in [-0.39, 0.29) is 18.9 Å². The van der Waals surface area contributed by atoms with Crippen molar-refractivity contribution in [1.29, 1.82) is 0 Å². The first-order chi connectivity index (χ1) is 12.9. The van der Waals surface area contributed by atoms with E-state index in [1.54, 1.807) is 13.0 Å². The highest BCUT2D eigenvalue weighted by Gasteiger charge is 2.12. The van der Waals surface area contributed by atoms with Crippen molar-refractivity contribution >= 4 is 22.8 Å². The molecule has 0 bridgehead atoms. The molecule has 0 spiro atoms. The lowest BCUT2D eigenvalue weighted by Gasteiger charge is -2.12. The van der Waals surface area contributed by atoms with Gasteiger partial charge >= 0.3 is 11.6 Å². The molecule has 27 heavy (non-hydrogen) atoms. The van der Waals surface area contributed by atoms with Gasteiger partial charge in [-0.05, 0) is 43.9 Å². The summed E-state index contributed by atoms with van der Waals surface area (Å²) in [6, 6.07) is 5.10. The zero-order valence-corrected chi connectivity index (χ0v) is 15.7. The number of unbranched alkanes of at least 4 members (excludes halogenated alkanes) is 2. The molecule has 0 atom stereocenters. The predicted octanol–water partition coefficient (Wildman–Crippen LogP) is 2.80. The van der Waals surface area contributed by atoms with Crippen LogP contribution in [-0.2, 0) is 16.0 Å². The quantitative estimate of drug-likeness (QED) is 0.489. The number of carboxylic acid groups (broad SMARTS) is 1. The third-order valence-electron chi connectivity index (χ3n) is 4.33. The minimum absolute atomic E-state index is 0.140. The van der Waals surface area contributed by atoms with Gasteiger partial charge in [-0.1, -0.05) is 13.3 Å². The second-order valence-corrected chi connectivity index (χ2v) is 6.35. The summed E-state index contributed by atoms with van der Waals surface area (Å²) in [5, 5.41) is 12.2. The number of carbonyl (C=O) groups is 2. The van der Waals surface area contributed by atoms with Gasteiger partial charge in [-0.2, -0.15) is 0 Å². The molecule has 0 saturated carbocycles. The van der Waals surface area contributed by atoms with Gasteiger partial charge in [0.25, 0.3) is 5.91 Å². The van der Waals surface area contributed by atoms with E-state index in [0.29, 0.717) is 29.9 Å². The number of ether oxygens (including phenoxy) is 1. The van der Waals surface area contributed by atoms with Crippen LogP contribution in [0.5, 0.6) is 5.75 Å². The van der Waals surface area contributed by atoms with E-state index in [9.17, 15) is 14.4 Å². The number of fused-ring (bicyclic) bond motifs is 1. The number of carbonyl (C=O) groups excluding carboxylic acids is 1. The molecule has 0 aliphatic heterocycles. The summed E-state index contributed by atoms with van der Waals surface area (Å²) in [5.41, 5.74) is 1.67. The Hall–Kier alpha value is -2.83. The van der Waals surface area contributed by atoms with Crippen molar-refractivity contribution < 1.29 is 23.8 Å². The van der Waals surface area contributed by atoms with Crippen LogP contribution in [0, 0.1) is 6.92 Å². The minimum Gasteiger partial charge on any atom is -0.483 e. The lowest BCUT2D eigenvalue weighted by molar-refractivity contribution is -0.137. The second kappa shape index (κ2) is 9.75. The van der Waals surface area contributed by atoms with Gasteiger partial charge in [0.1, 0.15) is 11.3 Å². The molecule has 0 fully saturated rings. The van der Waals surface area contributed by atoms with Gasteiger partial charge in [-0.3, -0.25) is 9.59 Å². The summed E-state index contributed by atoms with van der Waals surface area (Å²) in [6.45, 7) is 4.10. The molecule has 2 N–H and O–H groups in total. The average Bonchev–Trinajstić information content (AvgIpc) is 2.63. The van der Waals surface area contributed by atoms with E-state index < -0.39 is 11.6 Å². The molecule has 0 aliphatic rings. The highest BCUT2D eigenvalue weighted by Crippen LogP contribution is 2.28. The maximum atomic E-state index is 11.9. The Morgan fingerprint density at radius 2 is 2.00 bits per heavy atom. The van der Waals surface area contributed by atoms with Crippen LogP contribution in [0.4, 0.5) is 0 Å². The summed E-state index contributed by atoms with van der Waals surface area (Å²) >= 11 is 0. The Balaban J connectivity index is 1.89. The van der Waals surface area contributed by atoms with Gasteiger partial charge in [0.05, 0.1) is 0 Å². The summed E-state index contributed by atoms with van der Waals surface area (Å²) in [4.78, 5) is 34.0. The Labute approximate surface area is 157 Å². The van der Waals surface area contributed by atoms with Crippen molar-refractivity contribution in [3.8, 4) is 5.75 Å². The van der Waals surface area contributed by atoms with E-state index in [1.807, 2.05) is 13.0 Å². The molecule has 0 unspecified atom stereocenters. The molecule has 1 aromatic heterocycles. The number of nitrogens with one attached hydrogen (secondary N) is 1. The SMILES string of the molecule is CCc1cc(=O)oc2c(C)c(OCC(=O)NCCCCCC(=O)O)ccc12. The van der Waals surface area contributed by atoms with Crippen LogP contribution in [0.1, 0.15) is 43.7 Å². The zero-order chi connectivity index (χ0) is 19.8. The summed E-state index contributed by atoms with van der Waals surface area (Å²) in [7, 11) is 0. The first kappa shape index (κ1) is 20.5. The van der Waals surface area contributed by atoms with Crippen LogP contribution in [-0.4, -0.2) is 30.1 Å². The second-order valence-electron chi connectivity index (χ2n) is 6.35. The zero-order valence-electron chi connectivity index (χ0n) is 15.7. The number of hydrogen-bond acceptors (Lipinski definition) is 5. The van der Waals surface area contributed by atoms with Crippen molar-refractivity contribution in [1.82, 2.24) is 5.32 Å². The fourth-order valence-corrected chi connectivity index (χ4v) is 2.86. The molecule has 2 aromatic rings. The largest absolute Gasteiger partial charge is 0.483 e. The predicted molar refractivity (Wildman–Crippen MR) is 101 cm³/mol. The lowest BCUT2D eigenvalue weighted by atomic mass is 10.0. The molecule has 1 heterocycles. The van der Waals surface area contributed by atoms with Crippen LogP contribution in [0.15, 0.2) is 27.4 Å². The lowest BCUT2D eigenvalue weighted by Crippen LogP contribution is -2.29. The number of hydrogen-bond donors (Lipinski definition) is 2. The average molecular weight is 375 g/mol. The van der Waals surface area contributed by atoms with Crippen LogP contribution < -0.4 is 15.7 Å². The normalized spacial score (nSPS) is 10.7. The van der Waals surface area contributed by atoms with Crippen molar-refractivity contribution in [2.45, 2.75) is 46.0 Å². The van der Waals surface area contributed by atoms with Gasteiger partial charge in [-0.25, -0.2) is 4.79 Å². The molecule has 7 heteroatoms. The first-order valence-electron chi connectivity index (χ1n) is 9.10. The van der Waals surface area contributed by atoms with Gasteiger partial charge < -0.3 is 19.6 Å². The Bertz CT molecular complexity index is 871. The highest BCUT2D eigenvalue weighted by molar-refractivity contribution is 5.85. The van der Waals surface area contributed by atoms with Crippen LogP contribution in [0.25, 0.3) is 11.0 Å². The third kappa shape index (κ3) is 5.84. The van der Waals surface area contributed by atoms with Gasteiger partial charge in [0.2, 0.25) is 0 Å². The van der Waals surface area contributed by atoms with E-state index >= 15 is 0 Å². The molecular formula is C20H25NO6. The molecule has 146 valence electrons. The summed E-state index contributed by atoms with van der Waals surface area (Å²) in [6.07, 6.45) is 2.93. The maximum Gasteiger partial charge on any atom is 0.336 e. The Morgan fingerprint density at radius 3 is 2.70 bits per heavy atom. The number of aliphatic carboxylic acids is 1. The van der Waals surface area contributed by atoms with Crippen molar-refractivity contribution in [3.63, 3.8) is 0 Å². The molecule has 0 saturated heterocycles. The van der Waals surface area contributed by atoms with Crippen molar-refractivity contribution in [3.05, 3.63) is 39.7 Å². The van der Waals surface area contributed by atoms with Gasteiger partial charge in [-0.15, -0.1) is 0 Å². The smallest absolute Gasteiger partial charge is 0.336 e. The molecule has 1 aromatic carbocycles. The number of rotatable bonds is 10. The van der Waals surface area contributed by atoms with Crippen LogP contribution in [0.2, 0.25) is 0 Å².